The molecule has 3 nitrogen and oxygen atoms in total. The van der Waals surface area contributed by atoms with Crippen LogP contribution in [-0.4, -0.2) is 37.6 Å². The highest BCUT2D eigenvalue weighted by molar-refractivity contribution is 9.10. The number of likely N-dealkylation sites (tertiary alicyclic amines) is 1. The number of hydrogen-bond acceptors (Lipinski definition) is 3. The van der Waals surface area contributed by atoms with Crippen molar-refractivity contribution in [2.75, 3.05) is 20.2 Å². The van der Waals surface area contributed by atoms with Crippen molar-refractivity contribution in [3.05, 3.63) is 28.2 Å². The molecule has 0 amide bonds. The SMILES string of the molecule is COC1CCN(Cc2cc(Br)ccc2OC(F)(F)F)CC1. The van der Waals surface area contributed by atoms with E-state index in [1.807, 2.05) is 0 Å². The molecule has 0 radical (unpaired) electrons. The lowest BCUT2D eigenvalue weighted by Gasteiger charge is -2.31. The second-order valence-corrected chi connectivity index (χ2v) is 5.93. The van der Waals surface area contributed by atoms with E-state index in [0.717, 1.165) is 30.4 Å². The van der Waals surface area contributed by atoms with E-state index >= 15 is 0 Å². The summed E-state index contributed by atoms with van der Waals surface area (Å²) < 4.78 is 47.4. The molecule has 0 N–H and O–H groups in total. The molecule has 0 aliphatic carbocycles. The molecule has 7 heteroatoms. The number of rotatable bonds is 4. The van der Waals surface area contributed by atoms with Gasteiger partial charge in [-0.25, -0.2) is 0 Å². The minimum absolute atomic E-state index is 0.139. The molecule has 0 spiro atoms. The number of halogens is 4. The van der Waals surface area contributed by atoms with E-state index in [1.165, 1.54) is 6.07 Å². The number of piperidine rings is 1. The molecular formula is C14H17BrF3NO2. The molecule has 0 saturated carbocycles. The van der Waals surface area contributed by atoms with E-state index in [2.05, 4.69) is 25.6 Å². The van der Waals surface area contributed by atoms with Crippen LogP contribution in [0.25, 0.3) is 0 Å². The van der Waals surface area contributed by atoms with Crippen LogP contribution < -0.4 is 4.74 Å². The maximum absolute atomic E-state index is 12.4. The van der Waals surface area contributed by atoms with Crippen molar-refractivity contribution >= 4 is 15.9 Å². The Morgan fingerprint density at radius 1 is 1.29 bits per heavy atom. The summed E-state index contributed by atoms with van der Waals surface area (Å²) in [4.78, 5) is 2.11. The molecule has 1 saturated heterocycles. The van der Waals surface area contributed by atoms with Gasteiger partial charge in [0.1, 0.15) is 5.75 Å². The largest absolute Gasteiger partial charge is 0.573 e. The minimum Gasteiger partial charge on any atom is -0.405 e. The topological polar surface area (TPSA) is 21.7 Å². The van der Waals surface area contributed by atoms with Gasteiger partial charge < -0.3 is 9.47 Å². The van der Waals surface area contributed by atoms with Gasteiger partial charge in [0.2, 0.25) is 0 Å². The Kier molecular flexibility index (Phi) is 5.51. The summed E-state index contributed by atoms with van der Waals surface area (Å²) in [6.45, 7) is 2.04. The minimum atomic E-state index is -4.67. The second-order valence-electron chi connectivity index (χ2n) is 5.01. The van der Waals surface area contributed by atoms with Crippen molar-refractivity contribution in [2.45, 2.75) is 31.9 Å². The summed E-state index contributed by atoms with van der Waals surface area (Å²) in [6, 6.07) is 4.56. The van der Waals surface area contributed by atoms with Crippen molar-refractivity contribution in [3.8, 4) is 5.75 Å². The maximum atomic E-state index is 12.4. The molecule has 1 fully saturated rings. The Morgan fingerprint density at radius 3 is 2.52 bits per heavy atom. The van der Waals surface area contributed by atoms with Crippen molar-refractivity contribution < 1.29 is 22.6 Å². The van der Waals surface area contributed by atoms with Crippen LogP contribution in [0.3, 0.4) is 0 Å². The van der Waals surface area contributed by atoms with E-state index < -0.39 is 6.36 Å². The number of ether oxygens (including phenoxy) is 2. The third-order valence-corrected chi connectivity index (χ3v) is 4.00. The molecule has 0 unspecified atom stereocenters. The second kappa shape index (κ2) is 6.98. The molecule has 1 aromatic rings. The predicted molar refractivity (Wildman–Crippen MR) is 76.1 cm³/mol. The van der Waals surface area contributed by atoms with E-state index in [-0.39, 0.29) is 11.9 Å². The Morgan fingerprint density at radius 2 is 1.95 bits per heavy atom. The van der Waals surface area contributed by atoms with E-state index in [1.54, 1.807) is 19.2 Å². The first-order valence-corrected chi connectivity index (χ1v) is 7.46. The number of hydrogen-bond donors (Lipinski definition) is 0. The van der Waals surface area contributed by atoms with Gasteiger partial charge in [0.15, 0.2) is 0 Å². The summed E-state index contributed by atoms with van der Waals surface area (Å²) in [7, 11) is 1.68. The Labute approximate surface area is 130 Å². The van der Waals surface area contributed by atoms with E-state index in [0.29, 0.717) is 12.1 Å². The average molecular weight is 368 g/mol. The monoisotopic (exact) mass is 367 g/mol. The molecule has 0 bridgehead atoms. The highest BCUT2D eigenvalue weighted by Crippen LogP contribution is 2.30. The Bertz CT molecular complexity index is 474. The first kappa shape index (κ1) is 16.6. The highest BCUT2D eigenvalue weighted by Gasteiger charge is 2.32. The molecule has 0 atom stereocenters. The fourth-order valence-electron chi connectivity index (χ4n) is 2.44. The number of methoxy groups -OCH3 is 1. The fraction of sp³-hybridized carbons (Fsp3) is 0.571. The van der Waals surface area contributed by atoms with Gasteiger partial charge >= 0.3 is 6.36 Å². The van der Waals surface area contributed by atoms with Crippen LogP contribution >= 0.6 is 15.9 Å². The summed E-state index contributed by atoms with van der Waals surface area (Å²) in [5.41, 5.74) is 0.526. The normalized spacial score (nSPS) is 18.0. The molecule has 2 rings (SSSR count). The van der Waals surface area contributed by atoms with Crippen LogP contribution in [0.2, 0.25) is 0 Å². The summed E-state index contributed by atoms with van der Waals surface area (Å²) in [5, 5.41) is 0. The van der Waals surface area contributed by atoms with Gasteiger partial charge in [-0.3, -0.25) is 4.90 Å². The van der Waals surface area contributed by atoms with Gasteiger partial charge in [-0.2, -0.15) is 0 Å². The van der Waals surface area contributed by atoms with Crippen LogP contribution in [0.1, 0.15) is 18.4 Å². The fourth-order valence-corrected chi connectivity index (χ4v) is 2.85. The summed E-state index contributed by atoms with van der Waals surface area (Å²) in [6.07, 6.45) is -2.65. The molecule has 1 aliphatic rings. The van der Waals surface area contributed by atoms with E-state index in [4.69, 9.17) is 4.74 Å². The maximum Gasteiger partial charge on any atom is 0.573 e. The molecular weight excluding hydrogens is 351 g/mol. The zero-order valence-electron chi connectivity index (χ0n) is 11.6. The zero-order valence-corrected chi connectivity index (χ0v) is 13.2. The smallest absolute Gasteiger partial charge is 0.405 e. The summed E-state index contributed by atoms with van der Waals surface area (Å²) >= 11 is 3.29. The number of nitrogens with zero attached hydrogens (tertiary/aromatic N) is 1. The third-order valence-electron chi connectivity index (χ3n) is 3.51. The van der Waals surface area contributed by atoms with E-state index in [9.17, 15) is 13.2 Å². The first-order chi connectivity index (χ1) is 9.87. The Hall–Kier alpha value is -0.790. The third kappa shape index (κ3) is 5.16. The van der Waals surface area contributed by atoms with Crippen LogP contribution in [-0.2, 0) is 11.3 Å². The summed E-state index contributed by atoms with van der Waals surface area (Å²) in [5.74, 6) is -0.139. The lowest BCUT2D eigenvalue weighted by Crippen LogP contribution is -2.36. The van der Waals surface area contributed by atoms with Gasteiger partial charge in [-0.05, 0) is 31.0 Å². The van der Waals surface area contributed by atoms with Crippen molar-refractivity contribution in [2.24, 2.45) is 0 Å². The average Bonchev–Trinajstić information content (AvgIpc) is 2.41. The van der Waals surface area contributed by atoms with Crippen molar-refractivity contribution in [1.29, 1.82) is 0 Å². The lowest BCUT2D eigenvalue weighted by atomic mass is 10.1. The van der Waals surface area contributed by atoms with Crippen LogP contribution in [0, 0.1) is 0 Å². The van der Waals surface area contributed by atoms with Gasteiger partial charge in [0.05, 0.1) is 6.10 Å². The molecule has 1 heterocycles. The van der Waals surface area contributed by atoms with Gasteiger partial charge in [0.25, 0.3) is 0 Å². The number of benzene rings is 1. The lowest BCUT2D eigenvalue weighted by molar-refractivity contribution is -0.275. The molecule has 0 aromatic heterocycles. The van der Waals surface area contributed by atoms with Crippen LogP contribution in [0.15, 0.2) is 22.7 Å². The predicted octanol–water partition coefficient (Wildman–Crippen LogP) is 3.96. The van der Waals surface area contributed by atoms with Gasteiger partial charge in [-0.15, -0.1) is 13.2 Å². The van der Waals surface area contributed by atoms with Crippen molar-refractivity contribution in [3.63, 3.8) is 0 Å². The molecule has 1 aliphatic heterocycles. The van der Waals surface area contributed by atoms with Gasteiger partial charge in [0, 0.05) is 36.8 Å². The highest BCUT2D eigenvalue weighted by atomic mass is 79.9. The molecule has 1 aromatic carbocycles. The Balaban J connectivity index is 2.06. The number of alkyl halides is 3. The first-order valence-electron chi connectivity index (χ1n) is 6.66. The zero-order chi connectivity index (χ0) is 15.5. The quantitative estimate of drug-likeness (QED) is 0.803. The van der Waals surface area contributed by atoms with Gasteiger partial charge in [-0.1, -0.05) is 15.9 Å². The van der Waals surface area contributed by atoms with Crippen LogP contribution in [0.4, 0.5) is 13.2 Å². The molecule has 21 heavy (non-hydrogen) atoms. The standard InChI is InChI=1S/C14H17BrF3NO2/c1-20-12-4-6-19(7-5-12)9-10-8-11(15)2-3-13(10)21-14(16,17)18/h2-3,8,12H,4-7,9H2,1H3. The van der Waals surface area contributed by atoms with Crippen LogP contribution in [0.5, 0.6) is 5.75 Å². The molecule has 118 valence electrons. The van der Waals surface area contributed by atoms with Crippen molar-refractivity contribution in [1.82, 2.24) is 4.90 Å².